The average molecular weight is 235 g/mol. The van der Waals surface area contributed by atoms with Crippen LogP contribution in [0.25, 0.3) is 11.1 Å². The smallest absolute Gasteiger partial charge is 0.0897 e. The van der Waals surface area contributed by atoms with Gasteiger partial charge >= 0.3 is 0 Å². The highest BCUT2D eigenvalue weighted by Crippen LogP contribution is 2.45. The first-order valence-electron chi connectivity index (χ1n) is 6.65. The number of benzene rings is 1. The second-order valence-electron chi connectivity index (χ2n) is 5.16. The predicted octanol–water partition coefficient (Wildman–Crippen LogP) is 3.25. The number of anilines is 1. The normalized spacial score (nSPS) is 17.9. The summed E-state index contributed by atoms with van der Waals surface area (Å²) >= 11 is 0. The second-order valence-corrected chi connectivity index (χ2v) is 5.16. The summed E-state index contributed by atoms with van der Waals surface area (Å²) < 4.78 is 0. The average Bonchev–Trinajstić information content (AvgIpc) is 2.49. The van der Waals surface area contributed by atoms with Crippen molar-refractivity contribution in [3.63, 3.8) is 0 Å². The molecule has 4 heterocycles. The summed E-state index contributed by atoms with van der Waals surface area (Å²) in [5, 5.41) is 0. The number of pyridine rings is 1. The van der Waals surface area contributed by atoms with Gasteiger partial charge in [-0.2, -0.15) is 0 Å². The molecule has 1 aromatic carbocycles. The van der Waals surface area contributed by atoms with Crippen molar-refractivity contribution in [1.82, 2.24) is 4.98 Å². The number of fused-ring (bicyclic) bond motifs is 2. The molecule has 2 heteroatoms. The van der Waals surface area contributed by atoms with Crippen molar-refractivity contribution in [2.45, 2.75) is 18.8 Å². The van der Waals surface area contributed by atoms with Crippen LogP contribution in [0.3, 0.4) is 0 Å². The van der Waals surface area contributed by atoms with Crippen molar-refractivity contribution >= 4 is 5.69 Å². The van der Waals surface area contributed by atoms with Gasteiger partial charge in [-0.3, -0.25) is 0 Å². The number of nitrogens with zero attached hydrogens (tertiary/aromatic N) is 2. The SMILES string of the molecule is [c]1cc(-c2ccccc2)c2c(n1)C1CCN2CC1. The molecule has 2 aromatic rings. The van der Waals surface area contributed by atoms with Gasteiger partial charge in [0.25, 0.3) is 0 Å². The molecule has 5 rings (SSSR count). The van der Waals surface area contributed by atoms with Crippen molar-refractivity contribution in [1.29, 1.82) is 0 Å². The molecule has 89 valence electrons. The summed E-state index contributed by atoms with van der Waals surface area (Å²) in [5.41, 5.74) is 5.21. The van der Waals surface area contributed by atoms with E-state index in [0.29, 0.717) is 5.92 Å². The maximum absolute atomic E-state index is 4.52. The van der Waals surface area contributed by atoms with Crippen molar-refractivity contribution in [2.75, 3.05) is 18.0 Å². The van der Waals surface area contributed by atoms with Crippen LogP contribution in [0.1, 0.15) is 24.5 Å². The zero-order chi connectivity index (χ0) is 11.9. The molecular formula is C16H15N2. The van der Waals surface area contributed by atoms with Crippen molar-refractivity contribution < 1.29 is 0 Å². The van der Waals surface area contributed by atoms with Gasteiger partial charge in [0.1, 0.15) is 0 Å². The van der Waals surface area contributed by atoms with Crippen LogP contribution in [-0.2, 0) is 0 Å². The van der Waals surface area contributed by atoms with Crippen LogP contribution in [0.5, 0.6) is 0 Å². The van der Waals surface area contributed by atoms with Crippen LogP contribution < -0.4 is 4.90 Å². The topological polar surface area (TPSA) is 16.1 Å². The van der Waals surface area contributed by atoms with Crippen LogP contribution >= 0.6 is 0 Å². The zero-order valence-electron chi connectivity index (χ0n) is 10.3. The summed E-state index contributed by atoms with van der Waals surface area (Å²) in [4.78, 5) is 7.02. The molecule has 0 aliphatic carbocycles. The molecule has 1 fully saturated rings. The molecule has 1 saturated heterocycles. The molecule has 0 unspecified atom stereocenters. The summed E-state index contributed by atoms with van der Waals surface area (Å²) in [6.45, 7) is 2.37. The summed E-state index contributed by atoms with van der Waals surface area (Å²) in [7, 11) is 0. The van der Waals surface area contributed by atoms with Crippen LogP contribution in [0.4, 0.5) is 5.69 Å². The van der Waals surface area contributed by atoms with Crippen LogP contribution in [-0.4, -0.2) is 18.1 Å². The lowest BCUT2D eigenvalue weighted by Gasteiger charge is -2.42. The van der Waals surface area contributed by atoms with E-state index in [1.807, 2.05) is 6.07 Å². The number of hydrogen-bond donors (Lipinski definition) is 0. The van der Waals surface area contributed by atoms with Gasteiger partial charge in [0.2, 0.25) is 0 Å². The molecule has 3 aliphatic rings. The maximum Gasteiger partial charge on any atom is 0.0897 e. The number of hydrogen-bond acceptors (Lipinski definition) is 2. The Morgan fingerprint density at radius 2 is 1.89 bits per heavy atom. The molecule has 18 heavy (non-hydrogen) atoms. The first-order valence-corrected chi connectivity index (χ1v) is 6.65. The van der Waals surface area contributed by atoms with E-state index < -0.39 is 0 Å². The number of piperidine rings is 1. The number of aromatic nitrogens is 1. The highest BCUT2D eigenvalue weighted by Gasteiger charge is 2.33. The Labute approximate surface area is 107 Å². The van der Waals surface area contributed by atoms with Gasteiger partial charge in [-0.25, -0.2) is 4.98 Å². The minimum absolute atomic E-state index is 0.657. The minimum atomic E-state index is 0.657. The maximum atomic E-state index is 4.52. The van der Waals surface area contributed by atoms with E-state index in [2.05, 4.69) is 46.4 Å². The molecule has 0 spiro atoms. The fraction of sp³-hybridized carbons (Fsp3) is 0.312. The molecule has 0 amide bonds. The lowest BCUT2D eigenvalue weighted by molar-refractivity contribution is 0.464. The third-order valence-corrected chi connectivity index (χ3v) is 4.17. The highest BCUT2D eigenvalue weighted by molar-refractivity contribution is 5.81. The molecule has 0 saturated carbocycles. The van der Waals surface area contributed by atoms with E-state index in [9.17, 15) is 0 Å². The molecule has 2 nitrogen and oxygen atoms in total. The fourth-order valence-electron chi connectivity index (χ4n) is 3.26. The van der Waals surface area contributed by atoms with Gasteiger partial charge in [0.15, 0.2) is 0 Å². The van der Waals surface area contributed by atoms with Gasteiger partial charge in [0.05, 0.1) is 17.6 Å². The quantitative estimate of drug-likeness (QED) is 0.754. The Bertz CT molecular complexity index is 569. The van der Waals surface area contributed by atoms with Crippen molar-refractivity contribution in [3.8, 4) is 11.1 Å². The zero-order valence-corrected chi connectivity index (χ0v) is 10.3. The van der Waals surface area contributed by atoms with Crippen molar-refractivity contribution in [3.05, 3.63) is 48.3 Å². The van der Waals surface area contributed by atoms with Gasteiger partial charge in [0, 0.05) is 24.6 Å². The monoisotopic (exact) mass is 235 g/mol. The van der Waals surface area contributed by atoms with E-state index in [1.54, 1.807) is 0 Å². The largest absolute Gasteiger partial charge is 0.370 e. The molecular weight excluding hydrogens is 220 g/mol. The Morgan fingerprint density at radius 1 is 1.11 bits per heavy atom. The van der Waals surface area contributed by atoms with Gasteiger partial charge in [-0.1, -0.05) is 30.3 Å². The lowest BCUT2D eigenvalue weighted by atomic mass is 9.84. The van der Waals surface area contributed by atoms with Crippen molar-refractivity contribution in [2.24, 2.45) is 0 Å². The minimum Gasteiger partial charge on any atom is -0.370 e. The summed E-state index contributed by atoms with van der Waals surface area (Å²) in [5.74, 6) is 0.657. The fourth-order valence-corrected chi connectivity index (χ4v) is 3.26. The highest BCUT2D eigenvalue weighted by atomic mass is 15.2. The first-order chi connectivity index (χ1) is 8.93. The van der Waals surface area contributed by atoms with E-state index in [4.69, 9.17) is 0 Å². The van der Waals surface area contributed by atoms with Gasteiger partial charge in [-0.05, 0) is 24.5 Å². The Balaban J connectivity index is 1.94. The molecule has 1 radical (unpaired) electrons. The number of rotatable bonds is 1. The van der Waals surface area contributed by atoms with Crippen LogP contribution in [0, 0.1) is 6.20 Å². The molecule has 0 atom stereocenters. The summed E-state index contributed by atoms with van der Waals surface area (Å²) in [6, 6.07) is 12.6. The Kier molecular flexibility index (Phi) is 2.16. The third kappa shape index (κ3) is 1.38. The standard InChI is InChI=1S/C16H15N2/c1-2-4-12(5-3-1)14-6-9-17-15-13-7-10-18(11-8-13)16(14)15/h1-6,13H,7-8,10-11H2. The summed E-state index contributed by atoms with van der Waals surface area (Å²) in [6.07, 6.45) is 5.61. The molecule has 3 aliphatic heterocycles. The predicted molar refractivity (Wildman–Crippen MR) is 72.7 cm³/mol. The van der Waals surface area contributed by atoms with E-state index in [1.165, 1.54) is 48.4 Å². The van der Waals surface area contributed by atoms with Crippen LogP contribution in [0.15, 0.2) is 36.4 Å². The second kappa shape index (κ2) is 3.84. The molecule has 1 aromatic heterocycles. The van der Waals surface area contributed by atoms with E-state index >= 15 is 0 Å². The Hall–Kier alpha value is -1.83. The molecule has 0 N–H and O–H groups in total. The van der Waals surface area contributed by atoms with Gasteiger partial charge in [-0.15, -0.1) is 0 Å². The first kappa shape index (κ1) is 10.1. The third-order valence-electron chi connectivity index (χ3n) is 4.17. The van der Waals surface area contributed by atoms with E-state index in [-0.39, 0.29) is 0 Å². The molecule has 2 bridgehead atoms. The van der Waals surface area contributed by atoms with Crippen LogP contribution in [0.2, 0.25) is 0 Å². The Morgan fingerprint density at radius 3 is 2.67 bits per heavy atom. The van der Waals surface area contributed by atoms with E-state index in [0.717, 1.165) is 0 Å². The lowest BCUT2D eigenvalue weighted by Crippen LogP contribution is -2.39. The van der Waals surface area contributed by atoms with Gasteiger partial charge < -0.3 is 4.90 Å².